The maximum Gasteiger partial charge on any atom is 0.139 e. The lowest BCUT2D eigenvalue weighted by atomic mass is 10.0. The van der Waals surface area contributed by atoms with Crippen molar-refractivity contribution in [3.63, 3.8) is 0 Å². The lowest BCUT2D eigenvalue weighted by Gasteiger charge is -2.25. The molecule has 0 saturated carbocycles. The van der Waals surface area contributed by atoms with E-state index in [1.165, 1.54) is 32.3 Å². The topological polar surface area (TPSA) is 58.5 Å². The molecule has 5 heterocycles. The predicted octanol–water partition coefficient (Wildman–Crippen LogP) is 18.2. The largest absolute Gasteiger partial charge is 0.456 e. The lowest BCUT2D eigenvalue weighted by molar-refractivity contribution is 0.668. The van der Waals surface area contributed by atoms with Gasteiger partial charge in [-0.2, -0.15) is 0 Å². The van der Waals surface area contributed by atoms with Gasteiger partial charge < -0.3 is 13.7 Å². The maximum absolute atomic E-state index is 6.45. The van der Waals surface area contributed by atoms with E-state index < -0.39 is 0 Å². The normalized spacial score (nSPS) is 12.1. The van der Waals surface area contributed by atoms with Crippen molar-refractivity contribution in [2.45, 2.75) is 0 Å². The zero-order valence-corrected chi connectivity index (χ0v) is 37.6. The molecular formula is C62H36N4O2S. The molecule has 0 spiro atoms. The third kappa shape index (κ3) is 6.11. The minimum Gasteiger partial charge on any atom is -0.456 e. The Hall–Kier alpha value is -9.04. The van der Waals surface area contributed by atoms with Crippen LogP contribution >= 0.6 is 11.3 Å². The molecule has 0 fully saturated rings. The van der Waals surface area contributed by atoms with Gasteiger partial charge in [-0.05, 0) is 146 Å². The second-order valence-corrected chi connectivity index (χ2v) is 18.9. The van der Waals surface area contributed by atoms with Gasteiger partial charge in [0.25, 0.3) is 0 Å². The molecule has 15 aromatic rings. The van der Waals surface area contributed by atoms with Crippen LogP contribution in [0.2, 0.25) is 0 Å². The Labute approximate surface area is 398 Å². The summed E-state index contributed by atoms with van der Waals surface area (Å²) in [4.78, 5) is 16.1. The van der Waals surface area contributed by atoms with Crippen LogP contribution < -0.4 is 9.80 Å². The van der Waals surface area contributed by atoms with Gasteiger partial charge in [0.05, 0.1) is 27.8 Å². The highest BCUT2D eigenvalue weighted by Crippen LogP contribution is 2.45. The fourth-order valence-electron chi connectivity index (χ4n) is 10.5. The molecule has 0 aliphatic carbocycles. The number of hydrogen-bond acceptors (Lipinski definition) is 7. The number of fused-ring (bicyclic) bond motifs is 13. The second-order valence-electron chi connectivity index (χ2n) is 17.9. The van der Waals surface area contributed by atoms with E-state index in [4.69, 9.17) is 18.8 Å². The van der Waals surface area contributed by atoms with Crippen LogP contribution in [0.25, 0.3) is 107 Å². The summed E-state index contributed by atoms with van der Waals surface area (Å²) in [6.45, 7) is 0. The molecular weight excluding hydrogens is 865 g/mol. The molecule has 5 aromatic heterocycles. The molecule has 0 atom stereocenters. The van der Waals surface area contributed by atoms with Gasteiger partial charge in [-0.1, -0.05) is 97.1 Å². The van der Waals surface area contributed by atoms with E-state index in [1.54, 1.807) is 11.3 Å². The Morgan fingerprint density at radius 1 is 0.333 bits per heavy atom. The molecule has 7 heteroatoms. The van der Waals surface area contributed by atoms with Crippen LogP contribution in [0.3, 0.4) is 0 Å². The molecule has 15 rings (SSSR count). The first-order chi connectivity index (χ1) is 34.1. The molecule has 69 heavy (non-hydrogen) atoms. The summed E-state index contributed by atoms with van der Waals surface area (Å²) in [5.74, 6) is 0.800. The van der Waals surface area contributed by atoms with Crippen LogP contribution in [0.1, 0.15) is 0 Å². The summed E-state index contributed by atoms with van der Waals surface area (Å²) in [7, 11) is 0. The van der Waals surface area contributed by atoms with Gasteiger partial charge in [-0.3, -0.25) is 9.88 Å². The van der Waals surface area contributed by atoms with Crippen molar-refractivity contribution in [3.8, 4) is 0 Å². The molecule has 6 nitrogen and oxygen atoms in total. The minimum absolute atomic E-state index is 0.800. The molecule has 0 aliphatic heterocycles. The predicted molar refractivity (Wildman–Crippen MR) is 289 cm³/mol. The smallest absolute Gasteiger partial charge is 0.139 e. The second kappa shape index (κ2) is 14.7. The number of para-hydroxylation sites is 2. The third-order valence-electron chi connectivity index (χ3n) is 13.8. The van der Waals surface area contributed by atoms with Gasteiger partial charge in [0.15, 0.2) is 0 Å². The number of furan rings is 2. The number of benzene rings is 10. The number of nitrogens with zero attached hydrogens (tertiary/aromatic N) is 4. The highest BCUT2D eigenvalue weighted by molar-refractivity contribution is 7.25. The first kappa shape index (κ1) is 38.1. The van der Waals surface area contributed by atoms with E-state index in [0.717, 1.165) is 109 Å². The van der Waals surface area contributed by atoms with Gasteiger partial charge in [0.1, 0.15) is 33.0 Å². The summed E-state index contributed by atoms with van der Waals surface area (Å²) in [5.41, 5.74) is 9.22. The first-order valence-corrected chi connectivity index (χ1v) is 23.9. The van der Waals surface area contributed by atoms with Crippen molar-refractivity contribution in [3.05, 3.63) is 219 Å². The molecule has 10 aromatic carbocycles. The quantitative estimate of drug-likeness (QED) is 0.155. The van der Waals surface area contributed by atoms with Crippen LogP contribution in [0.15, 0.2) is 227 Å². The van der Waals surface area contributed by atoms with Crippen molar-refractivity contribution >= 4 is 153 Å². The first-order valence-electron chi connectivity index (χ1n) is 23.1. The Morgan fingerprint density at radius 3 is 1.38 bits per heavy atom. The third-order valence-corrected chi connectivity index (χ3v) is 14.8. The number of thiophene rings is 1. The Balaban J connectivity index is 0.887. The Morgan fingerprint density at radius 2 is 0.783 bits per heavy atom. The van der Waals surface area contributed by atoms with Crippen LogP contribution in [-0.4, -0.2) is 9.97 Å². The molecule has 0 radical (unpaired) electrons. The average molecular weight is 901 g/mol. The van der Waals surface area contributed by atoms with Crippen LogP contribution in [0.4, 0.5) is 34.3 Å². The number of aromatic nitrogens is 2. The Bertz CT molecular complexity index is 4310. The monoisotopic (exact) mass is 900 g/mol. The van der Waals surface area contributed by atoms with E-state index >= 15 is 0 Å². The fraction of sp³-hybridized carbons (Fsp3) is 0. The number of anilines is 6. The van der Waals surface area contributed by atoms with Crippen molar-refractivity contribution in [1.82, 2.24) is 9.97 Å². The van der Waals surface area contributed by atoms with Gasteiger partial charge in [0.2, 0.25) is 0 Å². The summed E-state index contributed by atoms with van der Waals surface area (Å²) in [5, 5.41) is 14.9. The zero-order chi connectivity index (χ0) is 45.2. The van der Waals surface area contributed by atoms with E-state index in [0.29, 0.717) is 0 Å². The van der Waals surface area contributed by atoms with E-state index in [1.807, 2.05) is 30.5 Å². The highest BCUT2D eigenvalue weighted by Gasteiger charge is 2.22. The van der Waals surface area contributed by atoms with Gasteiger partial charge in [-0.25, -0.2) is 4.98 Å². The number of rotatable bonds is 6. The molecule has 322 valence electrons. The number of hydrogen-bond donors (Lipinski definition) is 0. The maximum atomic E-state index is 6.45. The van der Waals surface area contributed by atoms with Crippen LogP contribution in [-0.2, 0) is 0 Å². The minimum atomic E-state index is 0.800. The average Bonchev–Trinajstić information content (AvgIpc) is 4.08. The van der Waals surface area contributed by atoms with Crippen molar-refractivity contribution in [2.75, 3.05) is 9.80 Å². The van der Waals surface area contributed by atoms with Gasteiger partial charge >= 0.3 is 0 Å². The molecule has 0 aliphatic rings. The molecule has 0 unspecified atom stereocenters. The van der Waals surface area contributed by atoms with Crippen molar-refractivity contribution < 1.29 is 8.83 Å². The number of pyridine rings is 2. The summed E-state index contributed by atoms with van der Waals surface area (Å²) in [6.07, 6.45) is 1.99. The molecule has 0 bridgehead atoms. The van der Waals surface area contributed by atoms with E-state index in [-0.39, 0.29) is 0 Å². The van der Waals surface area contributed by atoms with E-state index in [2.05, 4.69) is 198 Å². The molecule has 0 amide bonds. The van der Waals surface area contributed by atoms with Crippen LogP contribution in [0, 0.1) is 0 Å². The van der Waals surface area contributed by atoms with Gasteiger partial charge in [0, 0.05) is 56.1 Å². The summed E-state index contributed by atoms with van der Waals surface area (Å²) >= 11 is 1.66. The summed E-state index contributed by atoms with van der Waals surface area (Å²) in [6, 6.07) is 75.5. The summed E-state index contributed by atoms with van der Waals surface area (Å²) < 4.78 is 13.9. The zero-order valence-electron chi connectivity index (χ0n) is 36.8. The van der Waals surface area contributed by atoms with Crippen LogP contribution in [0.5, 0.6) is 0 Å². The molecule has 0 N–H and O–H groups in total. The van der Waals surface area contributed by atoms with Gasteiger partial charge in [-0.15, -0.1) is 11.3 Å². The van der Waals surface area contributed by atoms with E-state index in [9.17, 15) is 0 Å². The standard InChI is InChI=1S/C62H36N4O2S/c1-3-11-39-29-43-31-45(19-17-41(43)27-37(39)9-1)65(47-21-23-52-50-13-5-7-15-55(50)67-57(52)33-47)49-35-59-61(63-36-49)54-25-26-60(64-62(54)69-59)66(48-22-24-53-51-14-6-8-16-56(51)68-58(53)34-48)46-20-18-42-28-38-10-2-4-12-40(38)30-44(42)32-46/h1-36H. The fourth-order valence-corrected chi connectivity index (χ4v) is 11.5. The SMILES string of the molecule is c1ccc2cc3cc(N(c4ccc5c(c4)oc4ccccc45)c4cnc5c(c4)sc4nc(N(c6ccc7cc8ccccc8cc7c6)c6ccc7c(c6)oc6ccccc67)ccc45)ccc3cc2c1. The van der Waals surface area contributed by atoms with Crippen molar-refractivity contribution in [2.24, 2.45) is 0 Å². The highest BCUT2D eigenvalue weighted by atomic mass is 32.1. The van der Waals surface area contributed by atoms with Crippen molar-refractivity contribution in [1.29, 1.82) is 0 Å². The Kier molecular flexibility index (Phi) is 8.13. The lowest BCUT2D eigenvalue weighted by Crippen LogP contribution is -2.11. The molecule has 0 saturated heterocycles.